The Morgan fingerprint density at radius 3 is 2.25 bits per heavy atom. The quantitative estimate of drug-likeness (QED) is 0.0191. The van der Waals surface area contributed by atoms with E-state index in [0.29, 0.717) is 115 Å². The molecule has 1 saturated heterocycles. The number of Topliss-reactive ketones (excluding diaryl/α,β-unsaturated/α-hetero) is 3. The van der Waals surface area contributed by atoms with Gasteiger partial charge in [0.1, 0.15) is 28.9 Å². The minimum absolute atomic E-state index is 0.00488. The zero-order chi connectivity index (χ0) is 49.9. The average Bonchev–Trinajstić information content (AvgIpc) is 3.97. The third-order valence-electron chi connectivity index (χ3n) is 13.4. The molecule has 11 N–H and O–H groups in total. The number of nitrogen functional groups attached to an aromatic ring is 1. The van der Waals surface area contributed by atoms with E-state index in [-0.39, 0.29) is 66.7 Å². The van der Waals surface area contributed by atoms with Gasteiger partial charge in [-0.15, -0.1) is 0 Å². The van der Waals surface area contributed by atoms with Gasteiger partial charge in [-0.05, 0) is 113 Å². The first-order valence-electron chi connectivity index (χ1n) is 25.5. The number of likely N-dealkylation sites (tertiary alicyclic amines) is 1. The molecule has 16 nitrogen and oxygen atoms in total. The van der Waals surface area contributed by atoms with Gasteiger partial charge in [0.05, 0.1) is 17.1 Å². The molecule has 2 aromatic carbocycles. The van der Waals surface area contributed by atoms with Crippen LogP contribution in [0.5, 0.6) is 0 Å². The number of guanidine groups is 1. The van der Waals surface area contributed by atoms with Gasteiger partial charge in [-0.1, -0.05) is 69.7 Å². The number of imidazole rings is 1. The molecular weight excluding hydrogens is 871 g/mol. The molecule has 376 valence electrons. The molecule has 3 heterocycles. The topological polar surface area (TPSA) is 274 Å². The highest BCUT2D eigenvalue weighted by Gasteiger charge is 2.39. The Morgan fingerprint density at radius 1 is 0.812 bits per heavy atom. The number of benzene rings is 2. The van der Waals surface area contributed by atoms with Crippen molar-refractivity contribution in [2.45, 2.75) is 155 Å². The predicted molar refractivity (Wildman–Crippen MR) is 275 cm³/mol. The number of anilines is 1. The first-order valence-corrected chi connectivity index (χ1v) is 25.5. The largest absolute Gasteiger partial charge is 0.382 e. The number of nitrogens with one attached hydrogen (secondary N) is 1. The van der Waals surface area contributed by atoms with Crippen LogP contribution in [0.1, 0.15) is 140 Å². The van der Waals surface area contributed by atoms with E-state index in [1.165, 1.54) is 0 Å². The summed E-state index contributed by atoms with van der Waals surface area (Å²) in [6.07, 6.45) is 9.51. The fourth-order valence-corrected chi connectivity index (χ4v) is 9.69. The Hall–Kier alpha value is -5.74. The minimum atomic E-state index is -0.766. The van der Waals surface area contributed by atoms with E-state index < -0.39 is 23.9 Å². The smallest absolute Gasteiger partial charge is 0.245 e. The standard InChI is InChI=1S/C53H79N11O5/c1-4-5-19-47-62-49-50(40-15-6-7-16-41(40)61-51(49)56)64(47)34-37-23-21-36(22-24-37)25-26-44(65)38(14-12-29-59-53(57)58)32-45(66)39(31-35(2)3)33-46(67)43-18-13-30-63(43)52(69)42(17-8-10-27-54)60-48(68)20-9-11-28-55/h6-7,15-16,21-24,35,38-39,42-43H,4-5,8-14,17-20,25-34,54-55H2,1-3H3,(H2,56,61)(H,60,68)(H4,57,58,59). The molecule has 2 aromatic heterocycles. The van der Waals surface area contributed by atoms with Crippen molar-refractivity contribution in [3.05, 3.63) is 65.5 Å². The van der Waals surface area contributed by atoms with E-state index in [4.69, 9.17) is 33.7 Å². The van der Waals surface area contributed by atoms with Crippen molar-refractivity contribution >= 4 is 62.9 Å². The van der Waals surface area contributed by atoms with Gasteiger partial charge in [0.15, 0.2) is 17.6 Å². The van der Waals surface area contributed by atoms with Crippen LogP contribution in [0.15, 0.2) is 53.5 Å². The molecule has 4 atom stereocenters. The van der Waals surface area contributed by atoms with Gasteiger partial charge in [0.25, 0.3) is 0 Å². The average molecular weight is 950 g/mol. The number of rotatable bonds is 31. The fraction of sp³-hybridized carbons (Fsp3) is 0.585. The van der Waals surface area contributed by atoms with Crippen LogP contribution in [0.25, 0.3) is 21.9 Å². The molecule has 0 bridgehead atoms. The molecule has 0 radical (unpaired) electrons. The second-order valence-corrected chi connectivity index (χ2v) is 19.4. The first-order chi connectivity index (χ1) is 33.2. The van der Waals surface area contributed by atoms with E-state index in [2.05, 4.69) is 57.1 Å². The number of unbranched alkanes of at least 4 members (excludes halogenated alkanes) is 3. The summed E-state index contributed by atoms with van der Waals surface area (Å²) in [6.45, 7) is 8.47. The van der Waals surface area contributed by atoms with Gasteiger partial charge < -0.3 is 43.5 Å². The summed E-state index contributed by atoms with van der Waals surface area (Å²) in [5.41, 5.74) is 33.6. The molecular formula is C53H79N11O5. The molecule has 1 fully saturated rings. The van der Waals surface area contributed by atoms with E-state index >= 15 is 0 Å². The lowest BCUT2D eigenvalue weighted by molar-refractivity contribution is -0.142. The summed E-state index contributed by atoms with van der Waals surface area (Å²) in [5.74, 6) is -0.527. The molecule has 1 aliphatic heterocycles. The third kappa shape index (κ3) is 15.9. The van der Waals surface area contributed by atoms with Crippen LogP contribution < -0.4 is 34.0 Å². The third-order valence-corrected chi connectivity index (χ3v) is 13.4. The molecule has 0 spiro atoms. The number of aliphatic imine (C=N–C) groups is 1. The number of hydrogen-bond donors (Lipinski definition) is 6. The fourth-order valence-electron chi connectivity index (χ4n) is 9.69. The van der Waals surface area contributed by atoms with Crippen LogP contribution >= 0.6 is 0 Å². The lowest BCUT2D eigenvalue weighted by Crippen LogP contribution is -2.52. The number of amides is 2. The second-order valence-electron chi connectivity index (χ2n) is 19.4. The molecule has 0 aliphatic carbocycles. The van der Waals surface area contributed by atoms with Gasteiger partial charge in [-0.25, -0.2) is 9.97 Å². The van der Waals surface area contributed by atoms with Crippen LogP contribution in [0.3, 0.4) is 0 Å². The first kappa shape index (κ1) is 54.2. The normalized spacial score (nSPS) is 15.1. The van der Waals surface area contributed by atoms with Crippen LogP contribution in [-0.4, -0.2) is 92.8 Å². The minimum Gasteiger partial charge on any atom is -0.382 e. The Balaban J connectivity index is 1.27. The maximum Gasteiger partial charge on any atom is 0.245 e. The Bertz CT molecular complexity index is 2360. The van der Waals surface area contributed by atoms with E-state index in [9.17, 15) is 24.0 Å². The predicted octanol–water partition coefficient (Wildman–Crippen LogP) is 6.04. The van der Waals surface area contributed by atoms with Crippen LogP contribution in [0.2, 0.25) is 0 Å². The van der Waals surface area contributed by atoms with Gasteiger partial charge in [0, 0.05) is 69.0 Å². The van der Waals surface area contributed by atoms with E-state index in [1.54, 1.807) is 4.90 Å². The number of hydrogen-bond acceptors (Lipinski definition) is 11. The number of fused-ring (bicyclic) bond motifs is 3. The number of para-hydroxylation sites is 1. The summed E-state index contributed by atoms with van der Waals surface area (Å²) in [5, 5.41) is 3.93. The highest BCUT2D eigenvalue weighted by atomic mass is 16.2. The number of ketones is 3. The summed E-state index contributed by atoms with van der Waals surface area (Å²) in [4.78, 5) is 84.9. The molecule has 5 rings (SSSR count). The maximum atomic E-state index is 14.3. The number of nitrogens with zero attached hydrogens (tertiary/aromatic N) is 5. The van der Waals surface area contributed by atoms with Crippen LogP contribution in [0.4, 0.5) is 5.82 Å². The maximum absolute atomic E-state index is 14.3. The van der Waals surface area contributed by atoms with Crippen LogP contribution in [0, 0.1) is 17.8 Å². The van der Waals surface area contributed by atoms with Crippen molar-refractivity contribution in [3.8, 4) is 0 Å². The highest BCUT2D eigenvalue weighted by molar-refractivity contribution is 6.06. The van der Waals surface area contributed by atoms with Crippen molar-refractivity contribution in [1.82, 2.24) is 24.8 Å². The molecule has 16 heteroatoms. The molecule has 1 aliphatic rings. The zero-order valence-corrected chi connectivity index (χ0v) is 41.4. The summed E-state index contributed by atoms with van der Waals surface area (Å²) >= 11 is 0. The molecule has 2 amide bonds. The van der Waals surface area contributed by atoms with Crippen molar-refractivity contribution in [2.24, 2.45) is 45.7 Å². The lowest BCUT2D eigenvalue weighted by atomic mass is 9.81. The zero-order valence-electron chi connectivity index (χ0n) is 41.4. The Labute approximate surface area is 408 Å². The number of carbonyl (C=O) groups excluding carboxylic acids is 5. The van der Waals surface area contributed by atoms with Crippen molar-refractivity contribution in [1.29, 1.82) is 0 Å². The Kier molecular flexibility index (Phi) is 21.6. The molecule has 4 aromatic rings. The van der Waals surface area contributed by atoms with Gasteiger partial charge >= 0.3 is 0 Å². The van der Waals surface area contributed by atoms with Gasteiger partial charge in [0.2, 0.25) is 11.8 Å². The van der Waals surface area contributed by atoms with Gasteiger partial charge in [-0.2, -0.15) is 0 Å². The van der Waals surface area contributed by atoms with Crippen molar-refractivity contribution in [2.75, 3.05) is 31.9 Å². The number of carbonyl (C=O) groups is 5. The van der Waals surface area contributed by atoms with Gasteiger partial charge in [-0.3, -0.25) is 29.0 Å². The number of nitrogens with two attached hydrogens (primary N) is 5. The van der Waals surface area contributed by atoms with Crippen molar-refractivity contribution in [3.63, 3.8) is 0 Å². The van der Waals surface area contributed by atoms with Crippen LogP contribution in [-0.2, 0) is 43.4 Å². The summed E-state index contributed by atoms with van der Waals surface area (Å²) < 4.78 is 2.26. The summed E-state index contributed by atoms with van der Waals surface area (Å²) in [6, 6.07) is 14.8. The Morgan fingerprint density at radius 2 is 1.54 bits per heavy atom. The van der Waals surface area contributed by atoms with E-state index in [1.807, 2.05) is 32.0 Å². The number of aryl methyl sites for hydroxylation is 2. The molecule has 69 heavy (non-hydrogen) atoms. The summed E-state index contributed by atoms with van der Waals surface area (Å²) in [7, 11) is 0. The second kappa shape index (κ2) is 27.4. The lowest BCUT2D eigenvalue weighted by Gasteiger charge is -2.30. The highest BCUT2D eigenvalue weighted by Crippen LogP contribution is 2.31. The molecule has 0 saturated carbocycles. The monoisotopic (exact) mass is 950 g/mol. The van der Waals surface area contributed by atoms with Crippen molar-refractivity contribution < 1.29 is 24.0 Å². The molecule has 4 unspecified atom stereocenters. The van der Waals surface area contributed by atoms with E-state index in [0.717, 1.165) is 52.6 Å². The number of aromatic nitrogens is 3. The number of pyridine rings is 1. The SMILES string of the molecule is CCCCc1nc2c(N)nc3ccccc3c2n1Cc1ccc(CCC(=O)C(CCCN=C(N)N)CC(=O)C(CC(=O)C2CCCN2C(=O)C(CCCCN)NC(=O)CCCCN)CC(C)C)cc1.